The van der Waals surface area contributed by atoms with Gasteiger partial charge in [0.2, 0.25) is 5.95 Å². The summed E-state index contributed by atoms with van der Waals surface area (Å²) in [6.07, 6.45) is 4.62. The van der Waals surface area contributed by atoms with Crippen molar-refractivity contribution in [3.05, 3.63) is 36.5 Å². The minimum atomic E-state index is -0.955. The fraction of sp³-hybridized carbons (Fsp3) is 0.476. The van der Waals surface area contributed by atoms with Crippen molar-refractivity contribution >= 4 is 23.5 Å². The molecule has 1 aliphatic rings. The second kappa shape index (κ2) is 9.45. The summed E-state index contributed by atoms with van der Waals surface area (Å²) < 4.78 is 5.34. The number of nitrogens with one attached hydrogen (secondary N) is 1. The number of carboxylic acid groups (broad SMARTS) is 1. The zero-order valence-corrected chi connectivity index (χ0v) is 17.2. The molecule has 2 aromatic rings. The van der Waals surface area contributed by atoms with Gasteiger partial charge in [0.15, 0.2) is 0 Å². The summed E-state index contributed by atoms with van der Waals surface area (Å²) in [4.78, 5) is 24.1. The van der Waals surface area contributed by atoms with Crippen LogP contribution in [0.15, 0.2) is 36.5 Å². The molecule has 0 bridgehead atoms. The number of hydrogen-bond acceptors (Lipinski definition) is 6. The first kappa shape index (κ1) is 20.7. The number of amides is 1. The van der Waals surface area contributed by atoms with Crippen LogP contribution in [0.4, 0.5) is 22.2 Å². The Morgan fingerprint density at radius 2 is 1.93 bits per heavy atom. The number of ether oxygens (including phenoxy) is 1. The van der Waals surface area contributed by atoms with Gasteiger partial charge >= 0.3 is 6.09 Å². The van der Waals surface area contributed by atoms with E-state index in [0.29, 0.717) is 35.9 Å². The number of methoxy groups -OCH3 is 1. The van der Waals surface area contributed by atoms with E-state index in [1.165, 1.54) is 4.90 Å². The maximum absolute atomic E-state index is 11.9. The highest BCUT2D eigenvalue weighted by Gasteiger charge is 2.27. The lowest BCUT2D eigenvalue weighted by Crippen LogP contribution is -2.37. The van der Waals surface area contributed by atoms with Crippen molar-refractivity contribution in [2.75, 3.05) is 42.9 Å². The summed E-state index contributed by atoms with van der Waals surface area (Å²) in [7, 11) is 5.46. The molecule has 2 N–H and O–H groups in total. The Balaban J connectivity index is 1.58. The monoisotopic (exact) mass is 399 g/mol. The number of rotatable bonds is 7. The van der Waals surface area contributed by atoms with Gasteiger partial charge < -0.3 is 20.1 Å². The van der Waals surface area contributed by atoms with Crippen molar-refractivity contribution in [2.45, 2.75) is 31.7 Å². The van der Waals surface area contributed by atoms with Crippen LogP contribution >= 0.6 is 0 Å². The summed E-state index contributed by atoms with van der Waals surface area (Å²) >= 11 is 0. The third kappa shape index (κ3) is 5.28. The molecule has 1 amide bonds. The highest BCUT2D eigenvalue weighted by Crippen LogP contribution is 2.32. The summed E-state index contributed by atoms with van der Waals surface area (Å²) in [6, 6.07) is 9.42. The van der Waals surface area contributed by atoms with E-state index in [9.17, 15) is 9.90 Å². The van der Waals surface area contributed by atoms with Crippen LogP contribution in [0, 0.1) is 5.92 Å². The number of carbonyl (C=O) groups is 1. The molecule has 0 spiro atoms. The molecule has 1 saturated carbocycles. The SMILES string of the molecule is COc1ccccc1N(CC1CCC(Nc2nccc(N(C)C)n2)CC1)C(=O)O. The highest BCUT2D eigenvalue weighted by atomic mass is 16.5. The smallest absolute Gasteiger partial charge is 0.411 e. The largest absolute Gasteiger partial charge is 0.495 e. The van der Waals surface area contributed by atoms with E-state index >= 15 is 0 Å². The van der Waals surface area contributed by atoms with E-state index in [4.69, 9.17) is 4.74 Å². The third-order valence-electron chi connectivity index (χ3n) is 5.33. The zero-order chi connectivity index (χ0) is 20.8. The van der Waals surface area contributed by atoms with Crippen molar-refractivity contribution in [3.8, 4) is 5.75 Å². The topological polar surface area (TPSA) is 90.8 Å². The van der Waals surface area contributed by atoms with E-state index < -0.39 is 6.09 Å². The van der Waals surface area contributed by atoms with Crippen LogP contribution in [0.3, 0.4) is 0 Å². The molecular weight excluding hydrogens is 370 g/mol. The summed E-state index contributed by atoms with van der Waals surface area (Å²) in [5.74, 6) is 2.39. The Labute approximate surface area is 171 Å². The van der Waals surface area contributed by atoms with Gasteiger partial charge in [0.1, 0.15) is 11.6 Å². The van der Waals surface area contributed by atoms with E-state index in [-0.39, 0.29) is 0 Å². The molecule has 1 aromatic heterocycles. The number of nitrogens with zero attached hydrogens (tertiary/aromatic N) is 4. The Hall–Kier alpha value is -3.03. The fourth-order valence-corrected chi connectivity index (χ4v) is 3.73. The quantitative estimate of drug-likeness (QED) is 0.733. The van der Waals surface area contributed by atoms with Gasteiger partial charge in [-0.2, -0.15) is 4.98 Å². The Morgan fingerprint density at radius 3 is 2.59 bits per heavy atom. The van der Waals surface area contributed by atoms with Gasteiger partial charge in [-0.05, 0) is 49.8 Å². The summed E-state index contributed by atoms with van der Waals surface area (Å²) in [5.41, 5.74) is 0.594. The van der Waals surface area contributed by atoms with Gasteiger partial charge in [-0.15, -0.1) is 0 Å². The molecule has 29 heavy (non-hydrogen) atoms. The molecule has 0 radical (unpaired) electrons. The lowest BCUT2D eigenvalue weighted by Gasteiger charge is -2.32. The van der Waals surface area contributed by atoms with Gasteiger partial charge in [0.25, 0.3) is 0 Å². The predicted molar refractivity (Wildman–Crippen MR) is 114 cm³/mol. The second-order valence-corrected chi connectivity index (χ2v) is 7.56. The molecule has 8 heteroatoms. The Morgan fingerprint density at radius 1 is 1.21 bits per heavy atom. The standard InChI is InChI=1S/C21H29N5O3/c1-25(2)19-12-13-22-20(24-19)23-16-10-8-15(9-11-16)14-26(21(27)28)17-6-4-5-7-18(17)29-3/h4-7,12-13,15-16H,8-11,14H2,1-3H3,(H,27,28)(H,22,23,24). The molecule has 8 nitrogen and oxygen atoms in total. The van der Waals surface area contributed by atoms with Crippen molar-refractivity contribution in [1.29, 1.82) is 0 Å². The third-order valence-corrected chi connectivity index (χ3v) is 5.33. The maximum atomic E-state index is 11.9. The number of anilines is 3. The van der Waals surface area contributed by atoms with Crippen LogP contribution < -0.4 is 19.9 Å². The van der Waals surface area contributed by atoms with Crippen molar-refractivity contribution in [3.63, 3.8) is 0 Å². The van der Waals surface area contributed by atoms with Crippen molar-refractivity contribution in [1.82, 2.24) is 9.97 Å². The number of hydrogen-bond donors (Lipinski definition) is 2. The van der Waals surface area contributed by atoms with Crippen LogP contribution in [-0.4, -0.2) is 55.0 Å². The molecule has 1 aromatic carbocycles. The van der Waals surface area contributed by atoms with Gasteiger partial charge in [-0.1, -0.05) is 12.1 Å². The van der Waals surface area contributed by atoms with Crippen LogP contribution in [0.2, 0.25) is 0 Å². The summed E-state index contributed by atoms with van der Waals surface area (Å²) in [6.45, 7) is 0.467. The van der Waals surface area contributed by atoms with E-state index in [1.807, 2.05) is 37.2 Å². The molecule has 0 atom stereocenters. The number of aromatic nitrogens is 2. The first-order chi connectivity index (χ1) is 14.0. The lowest BCUT2D eigenvalue weighted by atomic mass is 9.85. The molecule has 1 heterocycles. The molecule has 1 fully saturated rings. The fourth-order valence-electron chi connectivity index (χ4n) is 3.73. The van der Waals surface area contributed by atoms with Crippen LogP contribution in [0.25, 0.3) is 0 Å². The van der Waals surface area contributed by atoms with Crippen molar-refractivity contribution < 1.29 is 14.6 Å². The molecule has 156 valence electrons. The normalized spacial score (nSPS) is 18.7. The van der Waals surface area contributed by atoms with Gasteiger partial charge in [-0.3, -0.25) is 4.90 Å². The van der Waals surface area contributed by atoms with Gasteiger partial charge in [0.05, 0.1) is 12.8 Å². The van der Waals surface area contributed by atoms with E-state index in [2.05, 4.69) is 15.3 Å². The summed E-state index contributed by atoms with van der Waals surface area (Å²) in [5, 5.41) is 13.2. The molecule has 0 saturated heterocycles. The minimum Gasteiger partial charge on any atom is -0.495 e. The predicted octanol–water partition coefficient (Wildman–Crippen LogP) is 3.71. The highest BCUT2D eigenvalue weighted by molar-refractivity contribution is 5.88. The number of para-hydroxylation sites is 2. The molecular formula is C21H29N5O3. The van der Waals surface area contributed by atoms with Gasteiger partial charge in [-0.25, -0.2) is 9.78 Å². The zero-order valence-electron chi connectivity index (χ0n) is 17.2. The second-order valence-electron chi connectivity index (χ2n) is 7.56. The maximum Gasteiger partial charge on any atom is 0.411 e. The van der Waals surface area contributed by atoms with Crippen molar-refractivity contribution in [2.24, 2.45) is 5.92 Å². The first-order valence-corrected chi connectivity index (χ1v) is 9.88. The molecule has 0 unspecified atom stereocenters. The number of benzene rings is 1. The van der Waals surface area contributed by atoms with Crippen LogP contribution in [-0.2, 0) is 0 Å². The molecule has 0 aliphatic heterocycles. The Kier molecular flexibility index (Phi) is 6.74. The van der Waals surface area contributed by atoms with E-state index in [1.54, 1.807) is 25.4 Å². The first-order valence-electron chi connectivity index (χ1n) is 9.88. The minimum absolute atomic E-state index is 0.299. The Bertz CT molecular complexity index is 821. The average Bonchev–Trinajstić information content (AvgIpc) is 2.73. The molecule has 1 aliphatic carbocycles. The van der Waals surface area contributed by atoms with Gasteiger partial charge in [0, 0.05) is 32.9 Å². The molecule has 3 rings (SSSR count). The van der Waals surface area contributed by atoms with Crippen LogP contribution in [0.5, 0.6) is 5.75 Å². The lowest BCUT2D eigenvalue weighted by molar-refractivity contribution is 0.198. The average molecular weight is 399 g/mol. The van der Waals surface area contributed by atoms with E-state index in [0.717, 1.165) is 31.5 Å². The van der Waals surface area contributed by atoms with Crippen LogP contribution in [0.1, 0.15) is 25.7 Å².